The van der Waals surface area contributed by atoms with Crippen LogP contribution in [-0.4, -0.2) is 51.6 Å². The van der Waals surface area contributed by atoms with E-state index >= 15 is 0 Å². The highest BCUT2D eigenvalue weighted by Crippen LogP contribution is 2.29. The number of pyridine rings is 1. The quantitative estimate of drug-likeness (QED) is 0.779. The molecule has 3 aromatic heterocycles. The van der Waals surface area contributed by atoms with Crippen molar-refractivity contribution in [1.29, 1.82) is 0 Å². The number of hydrogen-bond acceptors (Lipinski definition) is 4. The second-order valence-corrected chi connectivity index (χ2v) is 7.78. The molecule has 1 N–H and O–H groups in total. The third kappa shape index (κ3) is 2.10. The molecule has 0 aliphatic carbocycles. The lowest BCUT2D eigenvalue weighted by molar-refractivity contribution is 0.272. The number of aromatic amines is 1. The SMILES string of the molecule is CS(=O)(=O)N1CCC[C@@H](n2cnc3cnc4[nH]ccc4c32)C1.[HH]. The Hall–Kier alpha value is -1.93. The van der Waals surface area contributed by atoms with Gasteiger partial charge in [-0.3, -0.25) is 0 Å². The molecule has 8 heteroatoms. The zero-order chi connectivity index (χ0) is 15.3. The Morgan fingerprint density at radius 3 is 3.09 bits per heavy atom. The minimum absolute atomic E-state index is 0. The number of sulfonamides is 1. The summed E-state index contributed by atoms with van der Waals surface area (Å²) in [6.45, 7) is 1.10. The maximum absolute atomic E-state index is 11.8. The molecular formula is C14H19N5O2S. The molecule has 0 spiro atoms. The Kier molecular flexibility index (Phi) is 2.98. The van der Waals surface area contributed by atoms with Gasteiger partial charge in [0.2, 0.25) is 10.0 Å². The molecule has 0 bridgehead atoms. The molecule has 1 atom stereocenters. The first-order valence-electron chi connectivity index (χ1n) is 7.28. The average molecular weight is 321 g/mol. The summed E-state index contributed by atoms with van der Waals surface area (Å²) >= 11 is 0. The van der Waals surface area contributed by atoms with Crippen LogP contribution in [0.4, 0.5) is 0 Å². The highest BCUT2D eigenvalue weighted by Gasteiger charge is 2.28. The number of hydrogen-bond donors (Lipinski definition) is 1. The van der Waals surface area contributed by atoms with E-state index in [4.69, 9.17) is 0 Å². The molecule has 22 heavy (non-hydrogen) atoms. The smallest absolute Gasteiger partial charge is 0.211 e. The van der Waals surface area contributed by atoms with Crippen molar-refractivity contribution in [3.05, 3.63) is 24.8 Å². The van der Waals surface area contributed by atoms with Gasteiger partial charge in [-0.15, -0.1) is 0 Å². The van der Waals surface area contributed by atoms with Crippen LogP contribution in [0.5, 0.6) is 0 Å². The lowest BCUT2D eigenvalue weighted by Crippen LogP contribution is -2.39. The van der Waals surface area contributed by atoms with Gasteiger partial charge in [-0.1, -0.05) is 0 Å². The van der Waals surface area contributed by atoms with Gasteiger partial charge in [0.25, 0.3) is 0 Å². The molecule has 0 amide bonds. The second-order valence-electron chi connectivity index (χ2n) is 5.80. The fourth-order valence-corrected chi connectivity index (χ4v) is 4.16. The number of imidazole rings is 1. The molecule has 0 unspecified atom stereocenters. The summed E-state index contributed by atoms with van der Waals surface area (Å²) in [5, 5.41) is 1.02. The van der Waals surface area contributed by atoms with Crippen LogP contribution >= 0.6 is 0 Å². The highest BCUT2D eigenvalue weighted by atomic mass is 32.2. The van der Waals surface area contributed by atoms with Crippen LogP contribution in [-0.2, 0) is 10.0 Å². The minimum Gasteiger partial charge on any atom is -0.346 e. The summed E-state index contributed by atoms with van der Waals surface area (Å²) in [5.41, 5.74) is 2.68. The molecule has 0 aromatic carbocycles. The summed E-state index contributed by atoms with van der Waals surface area (Å²) in [4.78, 5) is 11.9. The molecule has 0 radical (unpaired) electrons. The molecule has 4 rings (SSSR count). The molecule has 3 aromatic rings. The van der Waals surface area contributed by atoms with Crippen LogP contribution in [0.2, 0.25) is 0 Å². The van der Waals surface area contributed by atoms with Gasteiger partial charge in [-0.25, -0.2) is 22.7 Å². The number of rotatable bonds is 2. The number of nitrogens with one attached hydrogen (secondary N) is 1. The molecule has 1 saturated heterocycles. The summed E-state index contributed by atoms with van der Waals surface area (Å²) in [7, 11) is -3.15. The molecule has 4 heterocycles. The first-order valence-corrected chi connectivity index (χ1v) is 9.12. The first kappa shape index (κ1) is 13.7. The van der Waals surface area contributed by atoms with E-state index in [1.807, 2.05) is 12.3 Å². The highest BCUT2D eigenvalue weighted by molar-refractivity contribution is 7.88. The van der Waals surface area contributed by atoms with Crippen molar-refractivity contribution in [3.63, 3.8) is 0 Å². The van der Waals surface area contributed by atoms with Crippen molar-refractivity contribution in [2.75, 3.05) is 19.3 Å². The third-order valence-corrected chi connectivity index (χ3v) is 5.61. The number of piperidine rings is 1. The largest absolute Gasteiger partial charge is 0.346 e. The van der Waals surface area contributed by atoms with E-state index in [2.05, 4.69) is 19.5 Å². The normalized spacial score (nSPS) is 20.9. The number of nitrogens with zero attached hydrogens (tertiary/aromatic N) is 4. The fourth-order valence-electron chi connectivity index (χ4n) is 3.26. The van der Waals surface area contributed by atoms with Crippen molar-refractivity contribution in [3.8, 4) is 0 Å². The molecular weight excluding hydrogens is 302 g/mol. The zero-order valence-corrected chi connectivity index (χ0v) is 13.0. The third-order valence-electron chi connectivity index (χ3n) is 4.34. The predicted octanol–water partition coefficient (Wildman–Crippen LogP) is 1.76. The maximum atomic E-state index is 11.8. The lowest BCUT2D eigenvalue weighted by atomic mass is 10.1. The van der Waals surface area contributed by atoms with Gasteiger partial charge in [0.15, 0.2) is 0 Å². The monoisotopic (exact) mass is 321 g/mol. The van der Waals surface area contributed by atoms with Crippen molar-refractivity contribution >= 4 is 32.1 Å². The standard InChI is InChI=1S/C14H17N5O2S.H2/c1-22(20,21)18-6-2-3-10(8-18)19-9-17-12-7-16-14-11(13(12)19)4-5-15-14;/h4-5,7,9-10H,2-3,6,8H2,1H3,(H,15,16);1H/t10-;/m1./s1. The van der Waals surface area contributed by atoms with Gasteiger partial charge in [0.05, 0.1) is 24.3 Å². The van der Waals surface area contributed by atoms with Crippen LogP contribution in [0.3, 0.4) is 0 Å². The van der Waals surface area contributed by atoms with Crippen LogP contribution in [0.1, 0.15) is 20.3 Å². The number of aromatic nitrogens is 4. The molecule has 0 saturated carbocycles. The predicted molar refractivity (Wildman–Crippen MR) is 86.2 cm³/mol. The Balaban J connectivity index is 0.00000156. The summed E-state index contributed by atoms with van der Waals surface area (Å²) < 4.78 is 27.3. The van der Waals surface area contributed by atoms with E-state index in [9.17, 15) is 8.42 Å². The molecule has 1 aliphatic rings. The van der Waals surface area contributed by atoms with E-state index in [-0.39, 0.29) is 7.47 Å². The maximum Gasteiger partial charge on any atom is 0.211 e. The number of fused-ring (bicyclic) bond motifs is 3. The zero-order valence-electron chi connectivity index (χ0n) is 12.2. The van der Waals surface area contributed by atoms with E-state index in [0.29, 0.717) is 13.1 Å². The van der Waals surface area contributed by atoms with Crippen LogP contribution in [0.25, 0.3) is 22.1 Å². The summed E-state index contributed by atoms with van der Waals surface area (Å²) in [6.07, 6.45) is 8.50. The summed E-state index contributed by atoms with van der Waals surface area (Å²) in [6, 6.07) is 2.09. The van der Waals surface area contributed by atoms with Crippen molar-refractivity contribution in [2.24, 2.45) is 0 Å². The average Bonchev–Trinajstić information content (AvgIpc) is 3.12. The van der Waals surface area contributed by atoms with Gasteiger partial charge in [-0.2, -0.15) is 0 Å². The Labute approximate surface area is 129 Å². The van der Waals surface area contributed by atoms with Crippen molar-refractivity contribution in [1.82, 2.24) is 23.8 Å². The van der Waals surface area contributed by atoms with Gasteiger partial charge < -0.3 is 9.55 Å². The molecule has 118 valence electrons. The van der Waals surface area contributed by atoms with E-state index in [1.54, 1.807) is 16.8 Å². The van der Waals surface area contributed by atoms with Crippen molar-refractivity contribution < 1.29 is 9.84 Å². The second kappa shape index (κ2) is 4.79. The van der Waals surface area contributed by atoms with Gasteiger partial charge in [0.1, 0.15) is 11.2 Å². The summed E-state index contributed by atoms with van der Waals surface area (Å²) in [5.74, 6) is 0. The van der Waals surface area contributed by atoms with Gasteiger partial charge in [0, 0.05) is 32.1 Å². The van der Waals surface area contributed by atoms with E-state index < -0.39 is 10.0 Å². The van der Waals surface area contributed by atoms with Crippen molar-refractivity contribution in [2.45, 2.75) is 18.9 Å². The number of H-pyrrole nitrogens is 1. The Morgan fingerprint density at radius 2 is 2.27 bits per heavy atom. The topological polar surface area (TPSA) is 83.9 Å². The molecule has 7 nitrogen and oxygen atoms in total. The molecule has 1 aliphatic heterocycles. The van der Waals surface area contributed by atoms with E-state index in [0.717, 1.165) is 34.9 Å². The fraction of sp³-hybridized carbons (Fsp3) is 0.429. The lowest BCUT2D eigenvalue weighted by Gasteiger charge is -2.32. The Bertz CT molecular complexity index is 949. The van der Waals surface area contributed by atoms with Crippen LogP contribution < -0.4 is 0 Å². The van der Waals surface area contributed by atoms with Gasteiger partial charge in [-0.05, 0) is 18.9 Å². The minimum atomic E-state index is -3.15. The van der Waals surface area contributed by atoms with E-state index in [1.165, 1.54) is 6.26 Å². The Morgan fingerprint density at radius 1 is 1.41 bits per heavy atom. The van der Waals surface area contributed by atoms with Crippen LogP contribution in [0, 0.1) is 0 Å². The molecule has 1 fully saturated rings. The first-order chi connectivity index (χ1) is 10.5. The van der Waals surface area contributed by atoms with Gasteiger partial charge >= 0.3 is 0 Å². The van der Waals surface area contributed by atoms with Crippen LogP contribution in [0.15, 0.2) is 24.8 Å².